The van der Waals surface area contributed by atoms with Crippen LogP contribution in [0.4, 0.5) is 0 Å². The average Bonchev–Trinajstić information content (AvgIpc) is 3.14. The van der Waals surface area contributed by atoms with Crippen LogP contribution in [0.3, 0.4) is 0 Å². The molecule has 0 heterocycles. The summed E-state index contributed by atoms with van der Waals surface area (Å²) in [4.78, 5) is 25.2. The minimum Gasteiger partial charge on any atom is -0.392 e. The number of hydrogen-bond donors (Lipinski definition) is 2. The largest absolute Gasteiger partial charge is 0.392 e. The van der Waals surface area contributed by atoms with Crippen LogP contribution >= 0.6 is 0 Å². The van der Waals surface area contributed by atoms with E-state index in [9.17, 15) is 9.59 Å². The van der Waals surface area contributed by atoms with Crippen LogP contribution in [0.2, 0.25) is 0 Å². The normalized spacial score (nSPS) is 17.5. The van der Waals surface area contributed by atoms with Crippen molar-refractivity contribution < 1.29 is 14.7 Å². The van der Waals surface area contributed by atoms with Crippen molar-refractivity contribution in [3.63, 3.8) is 0 Å². The minimum atomic E-state index is -0.416. The van der Waals surface area contributed by atoms with E-state index in [0.717, 1.165) is 43.2 Å². The second-order valence-electron chi connectivity index (χ2n) is 6.97. The third-order valence-corrected chi connectivity index (χ3v) is 5.17. The summed E-state index contributed by atoms with van der Waals surface area (Å²) >= 11 is 0. The first-order valence-electron chi connectivity index (χ1n) is 9.07. The highest BCUT2D eigenvalue weighted by Gasteiger charge is 2.30. The standard InChI is InChI=1S/C20H29NO3/c1-3-14(2)19(21-20(24)17-6-4-5-7-17)18(23)12-15-8-10-16(13-22)11-9-15/h8-11,14,17,19,22H,3-7,12-13H2,1-2H3,(H,21,24)/t14-,19-/m0/s1. The predicted octanol–water partition coefficient (Wildman–Crippen LogP) is 3.01. The first-order chi connectivity index (χ1) is 11.5. The fourth-order valence-electron chi connectivity index (χ4n) is 3.31. The Kier molecular flexibility index (Phi) is 6.98. The van der Waals surface area contributed by atoms with Crippen molar-refractivity contribution in [3.8, 4) is 0 Å². The van der Waals surface area contributed by atoms with E-state index >= 15 is 0 Å². The van der Waals surface area contributed by atoms with Crippen LogP contribution in [-0.2, 0) is 22.6 Å². The highest BCUT2D eigenvalue weighted by molar-refractivity contribution is 5.91. The summed E-state index contributed by atoms with van der Waals surface area (Å²) in [6.07, 6.45) is 5.26. The first-order valence-corrected chi connectivity index (χ1v) is 9.07. The number of nitrogens with one attached hydrogen (secondary N) is 1. The first kappa shape index (κ1) is 18.7. The molecule has 0 saturated heterocycles. The molecule has 0 radical (unpaired) electrons. The number of hydrogen-bond acceptors (Lipinski definition) is 3. The lowest BCUT2D eigenvalue weighted by atomic mass is 9.91. The molecule has 24 heavy (non-hydrogen) atoms. The van der Waals surface area contributed by atoms with Crippen LogP contribution in [0.15, 0.2) is 24.3 Å². The van der Waals surface area contributed by atoms with Crippen molar-refractivity contribution >= 4 is 11.7 Å². The minimum absolute atomic E-state index is 0.00116. The van der Waals surface area contributed by atoms with Crippen LogP contribution in [0.5, 0.6) is 0 Å². The SMILES string of the molecule is CC[C@H](C)[C@H](NC(=O)C1CCCC1)C(=O)Cc1ccc(CO)cc1. The quantitative estimate of drug-likeness (QED) is 0.769. The lowest BCUT2D eigenvalue weighted by Gasteiger charge is -2.25. The zero-order valence-electron chi connectivity index (χ0n) is 14.8. The van der Waals surface area contributed by atoms with Crippen molar-refractivity contribution in [2.24, 2.45) is 11.8 Å². The number of aliphatic hydroxyl groups excluding tert-OH is 1. The Morgan fingerprint density at radius 1 is 1.17 bits per heavy atom. The van der Waals surface area contributed by atoms with Crippen LogP contribution in [0.1, 0.15) is 57.1 Å². The Morgan fingerprint density at radius 3 is 2.29 bits per heavy atom. The van der Waals surface area contributed by atoms with Gasteiger partial charge in [-0.15, -0.1) is 0 Å². The van der Waals surface area contributed by atoms with Crippen molar-refractivity contribution in [1.29, 1.82) is 0 Å². The van der Waals surface area contributed by atoms with Gasteiger partial charge in [0.05, 0.1) is 12.6 Å². The van der Waals surface area contributed by atoms with Gasteiger partial charge in [-0.2, -0.15) is 0 Å². The summed E-state index contributed by atoms with van der Waals surface area (Å²) in [5.74, 6) is 0.307. The second-order valence-corrected chi connectivity index (χ2v) is 6.97. The van der Waals surface area contributed by atoms with Gasteiger partial charge in [0.2, 0.25) is 5.91 Å². The Balaban J connectivity index is 2.02. The maximum Gasteiger partial charge on any atom is 0.223 e. The molecule has 2 rings (SSSR count). The molecular weight excluding hydrogens is 302 g/mol. The molecule has 0 bridgehead atoms. The Bertz CT molecular complexity index is 547. The monoisotopic (exact) mass is 331 g/mol. The van der Waals surface area contributed by atoms with Crippen LogP contribution in [0, 0.1) is 11.8 Å². The predicted molar refractivity (Wildman–Crippen MR) is 94.4 cm³/mol. The van der Waals surface area contributed by atoms with Gasteiger partial charge in [-0.3, -0.25) is 9.59 Å². The molecule has 0 spiro atoms. The molecule has 1 amide bonds. The van der Waals surface area contributed by atoms with Gasteiger partial charge < -0.3 is 10.4 Å². The van der Waals surface area contributed by atoms with Crippen molar-refractivity contribution in [3.05, 3.63) is 35.4 Å². The number of rotatable bonds is 8. The average molecular weight is 331 g/mol. The highest BCUT2D eigenvalue weighted by atomic mass is 16.3. The molecule has 0 aromatic heterocycles. The third kappa shape index (κ3) is 4.91. The van der Waals surface area contributed by atoms with Crippen molar-refractivity contribution in [1.82, 2.24) is 5.32 Å². The van der Waals surface area contributed by atoms with E-state index in [-0.39, 0.29) is 30.1 Å². The molecular formula is C20H29NO3. The Morgan fingerprint density at radius 2 is 1.75 bits per heavy atom. The van der Waals surface area contributed by atoms with E-state index in [1.54, 1.807) is 0 Å². The third-order valence-electron chi connectivity index (χ3n) is 5.17. The summed E-state index contributed by atoms with van der Waals surface area (Å²) in [5.41, 5.74) is 1.75. The molecule has 1 aromatic rings. The fourth-order valence-corrected chi connectivity index (χ4v) is 3.31. The van der Waals surface area contributed by atoms with Gasteiger partial charge in [0, 0.05) is 12.3 Å². The number of carbonyl (C=O) groups is 2. The highest BCUT2D eigenvalue weighted by Crippen LogP contribution is 2.25. The van der Waals surface area contributed by atoms with Crippen LogP contribution in [-0.4, -0.2) is 22.8 Å². The molecule has 1 fully saturated rings. The zero-order chi connectivity index (χ0) is 17.5. The van der Waals surface area contributed by atoms with Crippen molar-refractivity contribution in [2.45, 2.75) is 65.0 Å². The molecule has 1 aromatic carbocycles. The molecule has 1 aliphatic carbocycles. The lowest BCUT2D eigenvalue weighted by molar-refractivity contribution is -0.131. The maximum atomic E-state index is 12.8. The zero-order valence-corrected chi connectivity index (χ0v) is 14.8. The summed E-state index contributed by atoms with van der Waals surface area (Å²) in [5, 5.41) is 12.1. The molecule has 132 valence electrons. The summed E-state index contributed by atoms with van der Waals surface area (Å²) < 4.78 is 0. The molecule has 2 N–H and O–H groups in total. The number of amides is 1. The Labute approximate surface area is 144 Å². The van der Waals surface area contributed by atoms with E-state index in [2.05, 4.69) is 5.32 Å². The molecule has 0 aliphatic heterocycles. The van der Waals surface area contributed by atoms with Crippen LogP contribution in [0.25, 0.3) is 0 Å². The van der Waals surface area contributed by atoms with E-state index in [1.807, 2.05) is 38.1 Å². The number of ketones is 1. The summed E-state index contributed by atoms with van der Waals surface area (Å²) in [6.45, 7) is 4.07. The molecule has 4 heteroatoms. The van der Waals surface area contributed by atoms with Crippen molar-refractivity contribution in [2.75, 3.05) is 0 Å². The number of Topliss-reactive ketones (excluding diaryl/α,β-unsaturated/α-hetero) is 1. The molecule has 1 saturated carbocycles. The molecule has 4 nitrogen and oxygen atoms in total. The van der Waals surface area contributed by atoms with Gasteiger partial charge in [-0.1, -0.05) is 57.4 Å². The number of aliphatic hydroxyl groups is 1. The van der Waals surface area contributed by atoms with Gasteiger partial charge >= 0.3 is 0 Å². The van der Waals surface area contributed by atoms with Crippen LogP contribution < -0.4 is 5.32 Å². The lowest BCUT2D eigenvalue weighted by Crippen LogP contribution is -2.47. The molecule has 1 aliphatic rings. The maximum absolute atomic E-state index is 12.8. The topological polar surface area (TPSA) is 66.4 Å². The summed E-state index contributed by atoms with van der Waals surface area (Å²) in [6, 6.07) is 6.99. The van der Waals surface area contributed by atoms with Gasteiger partial charge in [-0.25, -0.2) is 0 Å². The van der Waals surface area contributed by atoms with E-state index in [4.69, 9.17) is 5.11 Å². The molecule has 2 atom stereocenters. The van der Waals surface area contributed by atoms with E-state index in [1.165, 1.54) is 0 Å². The van der Waals surface area contributed by atoms with Gasteiger partial charge in [0.25, 0.3) is 0 Å². The van der Waals surface area contributed by atoms with Gasteiger partial charge in [0.15, 0.2) is 5.78 Å². The number of benzene rings is 1. The fraction of sp³-hybridized carbons (Fsp3) is 0.600. The second kappa shape index (κ2) is 8.97. The molecule has 0 unspecified atom stereocenters. The van der Waals surface area contributed by atoms with E-state index in [0.29, 0.717) is 6.42 Å². The van der Waals surface area contributed by atoms with Gasteiger partial charge in [-0.05, 0) is 29.9 Å². The summed E-state index contributed by atoms with van der Waals surface area (Å²) in [7, 11) is 0. The smallest absolute Gasteiger partial charge is 0.223 e. The Hall–Kier alpha value is -1.68. The van der Waals surface area contributed by atoms with Gasteiger partial charge in [0.1, 0.15) is 0 Å². The number of carbonyl (C=O) groups excluding carboxylic acids is 2. The van der Waals surface area contributed by atoms with E-state index < -0.39 is 6.04 Å².